The van der Waals surface area contributed by atoms with Gasteiger partial charge in [-0.25, -0.2) is 12.7 Å². The van der Waals surface area contributed by atoms with Gasteiger partial charge in [0.25, 0.3) is 0 Å². The standard InChI is InChI=1S/C13H20N2O3S.H2O/c16-14-13-7-5-6-12(10-13)11-19(17,18)15-8-3-1-2-4-9-15;/h5-7,10,14,16H,1-4,8-9,11H2;1H2. The maximum absolute atomic E-state index is 12.4. The van der Waals surface area contributed by atoms with E-state index in [1.165, 1.54) is 0 Å². The maximum atomic E-state index is 12.4. The van der Waals surface area contributed by atoms with E-state index >= 15 is 0 Å². The molecule has 0 spiro atoms. The van der Waals surface area contributed by atoms with Crippen molar-refractivity contribution in [2.75, 3.05) is 18.6 Å². The van der Waals surface area contributed by atoms with Crippen molar-refractivity contribution >= 4 is 15.7 Å². The van der Waals surface area contributed by atoms with Crippen LogP contribution in [0.3, 0.4) is 0 Å². The fraction of sp³-hybridized carbons (Fsp3) is 0.538. The predicted octanol–water partition coefficient (Wildman–Crippen LogP) is 1.37. The van der Waals surface area contributed by atoms with Gasteiger partial charge < -0.3 is 5.48 Å². The van der Waals surface area contributed by atoms with Gasteiger partial charge in [-0.2, -0.15) is 0 Å². The van der Waals surface area contributed by atoms with E-state index in [1.54, 1.807) is 28.6 Å². The van der Waals surface area contributed by atoms with E-state index in [4.69, 9.17) is 5.21 Å². The van der Waals surface area contributed by atoms with Crippen molar-refractivity contribution in [1.29, 1.82) is 0 Å². The summed E-state index contributed by atoms with van der Waals surface area (Å²) in [6.07, 6.45) is 4.10. The summed E-state index contributed by atoms with van der Waals surface area (Å²) in [6, 6.07) is 6.82. The second kappa shape index (κ2) is 7.58. The van der Waals surface area contributed by atoms with E-state index in [2.05, 4.69) is 0 Å². The van der Waals surface area contributed by atoms with Crippen molar-refractivity contribution in [3.05, 3.63) is 29.8 Å². The van der Waals surface area contributed by atoms with Crippen LogP contribution in [0.25, 0.3) is 0 Å². The maximum Gasteiger partial charge on any atom is 0.218 e. The number of rotatable bonds is 4. The van der Waals surface area contributed by atoms with Crippen LogP contribution >= 0.6 is 0 Å². The molecule has 7 heteroatoms. The zero-order valence-corrected chi connectivity index (χ0v) is 12.2. The molecule has 1 fully saturated rings. The van der Waals surface area contributed by atoms with Gasteiger partial charge in [-0.05, 0) is 30.5 Å². The number of hydrogen-bond acceptors (Lipinski definition) is 4. The van der Waals surface area contributed by atoms with Crippen molar-refractivity contribution in [1.82, 2.24) is 4.31 Å². The van der Waals surface area contributed by atoms with Crippen molar-refractivity contribution in [3.8, 4) is 0 Å². The van der Waals surface area contributed by atoms with Crippen molar-refractivity contribution in [2.24, 2.45) is 0 Å². The summed E-state index contributed by atoms with van der Waals surface area (Å²) in [6.45, 7) is 1.25. The van der Waals surface area contributed by atoms with E-state index in [0.29, 0.717) is 24.3 Å². The Labute approximate surface area is 119 Å². The quantitative estimate of drug-likeness (QED) is 0.820. The molecule has 0 radical (unpaired) electrons. The second-order valence-electron chi connectivity index (χ2n) is 4.88. The monoisotopic (exact) mass is 302 g/mol. The minimum Gasteiger partial charge on any atom is -0.412 e. The number of hydrogen-bond donors (Lipinski definition) is 2. The van der Waals surface area contributed by atoms with Crippen LogP contribution in [0, 0.1) is 0 Å². The Morgan fingerprint density at radius 3 is 2.40 bits per heavy atom. The van der Waals surface area contributed by atoms with Gasteiger partial charge in [-0.15, -0.1) is 0 Å². The third-order valence-electron chi connectivity index (χ3n) is 3.36. The molecule has 1 heterocycles. The minimum absolute atomic E-state index is 0. The molecule has 0 aliphatic carbocycles. The molecule has 20 heavy (non-hydrogen) atoms. The van der Waals surface area contributed by atoms with E-state index < -0.39 is 10.0 Å². The van der Waals surface area contributed by atoms with E-state index in [1.807, 2.05) is 5.48 Å². The fourth-order valence-corrected chi connectivity index (χ4v) is 3.95. The van der Waals surface area contributed by atoms with Gasteiger partial charge in [-0.3, -0.25) is 10.7 Å². The molecule has 0 unspecified atom stereocenters. The molecule has 1 aromatic carbocycles. The first-order valence-electron chi connectivity index (χ1n) is 6.59. The summed E-state index contributed by atoms with van der Waals surface area (Å²) < 4.78 is 26.3. The molecule has 114 valence electrons. The lowest BCUT2D eigenvalue weighted by molar-refractivity contribution is 0.389. The average molecular weight is 302 g/mol. The van der Waals surface area contributed by atoms with Crippen LogP contribution in [0.1, 0.15) is 31.2 Å². The van der Waals surface area contributed by atoms with Crippen LogP contribution in [-0.4, -0.2) is 36.5 Å². The molecule has 1 saturated heterocycles. The van der Waals surface area contributed by atoms with Crippen LogP contribution in [0.4, 0.5) is 5.69 Å². The Bertz CT molecular complexity index is 511. The zero-order chi connectivity index (χ0) is 13.7. The molecular weight excluding hydrogens is 280 g/mol. The highest BCUT2D eigenvalue weighted by molar-refractivity contribution is 7.88. The number of anilines is 1. The predicted molar refractivity (Wildman–Crippen MR) is 78.1 cm³/mol. The van der Waals surface area contributed by atoms with Crippen molar-refractivity contribution < 1.29 is 19.1 Å². The van der Waals surface area contributed by atoms with Crippen LogP contribution in [-0.2, 0) is 15.8 Å². The first-order chi connectivity index (χ1) is 9.12. The Balaban J connectivity index is 0.00000200. The summed E-state index contributed by atoms with van der Waals surface area (Å²) in [5, 5.41) is 8.84. The van der Waals surface area contributed by atoms with Crippen molar-refractivity contribution in [3.63, 3.8) is 0 Å². The smallest absolute Gasteiger partial charge is 0.218 e. The van der Waals surface area contributed by atoms with Gasteiger partial charge in [-0.1, -0.05) is 25.0 Å². The molecule has 2 rings (SSSR count). The molecule has 1 aromatic rings. The first kappa shape index (κ1) is 16.9. The van der Waals surface area contributed by atoms with Crippen LogP contribution in [0.5, 0.6) is 0 Å². The van der Waals surface area contributed by atoms with Crippen LogP contribution in [0.2, 0.25) is 0 Å². The lowest BCUT2D eigenvalue weighted by Crippen LogP contribution is -2.32. The lowest BCUT2D eigenvalue weighted by atomic mass is 10.2. The number of nitrogens with one attached hydrogen (secondary N) is 1. The highest BCUT2D eigenvalue weighted by Crippen LogP contribution is 2.18. The summed E-state index contributed by atoms with van der Waals surface area (Å²) in [5.41, 5.74) is 3.22. The van der Waals surface area contributed by atoms with Gasteiger partial charge in [0, 0.05) is 13.1 Å². The van der Waals surface area contributed by atoms with Gasteiger partial charge in [0.1, 0.15) is 0 Å². The van der Waals surface area contributed by atoms with E-state index in [0.717, 1.165) is 25.7 Å². The Morgan fingerprint density at radius 1 is 1.15 bits per heavy atom. The molecule has 4 N–H and O–H groups in total. The SMILES string of the molecule is O.O=S(=O)(Cc1cccc(NO)c1)N1CCCCCC1. The summed E-state index contributed by atoms with van der Waals surface area (Å²) >= 11 is 0. The normalized spacial score (nSPS) is 17.1. The van der Waals surface area contributed by atoms with Crippen molar-refractivity contribution in [2.45, 2.75) is 31.4 Å². The van der Waals surface area contributed by atoms with E-state index in [-0.39, 0.29) is 11.2 Å². The number of nitrogens with zero attached hydrogens (tertiary/aromatic N) is 1. The number of benzene rings is 1. The highest BCUT2D eigenvalue weighted by atomic mass is 32.2. The highest BCUT2D eigenvalue weighted by Gasteiger charge is 2.23. The average Bonchev–Trinajstić information content (AvgIpc) is 2.68. The molecule has 1 aliphatic heterocycles. The van der Waals surface area contributed by atoms with Crippen LogP contribution < -0.4 is 5.48 Å². The van der Waals surface area contributed by atoms with Gasteiger partial charge in [0.15, 0.2) is 0 Å². The van der Waals surface area contributed by atoms with E-state index in [9.17, 15) is 8.42 Å². The first-order valence-corrected chi connectivity index (χ1v) is 8.19. The molecule has 6 nitrogen and oxygen atoms in total. The topological polar surface area (TPSA) is 101 Å². The molecule has 0 atom stereocenters. The van der Waals surface area contributed by atoms with Gasteiger partial charge in [0.2, 0.25) is 10.0 Å². The molecular formula is C13H22N2O4S. The molecule has 0 bridgehead atoms. The Kier molecular flexibility index (Phi) is 6.41. The molecule has 0 aromatic heterocycles. The minimum atomic E-state index is -3.26. The largest absolute Gasteiger partial charge is 0.412 e. The third-order valence-corrected chi connectivity index (χ3v) is 5.21. The van der Waals surface area contributed by atoms with Gasteiger partial charge >= 0.3 is 0 Å². The van der Waals surface area contributed by atoms with Crippen LogP contribution in [0.15, 0.2) is 24.3 Å². The molecule has 0 saturated carbocycles. The second-order valence-corrected chi connectivity index (χ2v) is 6.85. The molecule has 1 aliphatic rings. The fourth-order valence-electron chi connectivity index (χ4n) is 2.35. The molecule has 0 amide bonds. The summed E-state index contributed by atoms with van der Waals surface area (Å²) in [4.78, 5) is 0. The summed E-state index contributed by atoms with van der Waals surface area (Å²) in [5.74, 6) is -0.0114. The van der Waals surface area contributed by atoms with Gasteiger partial charge in [0.05, 0.1) is 11.4 Å². The third kappa shape index (κ3) is 4.45. The number of sulfonamides is 1. The zero-order valence-electron chi connectivity index (χ0n) is 11.4. The lowest BCUT2D eigenvalue weighted by Gasteiger charge is -2.20. The Morgan fingerprint density at radius 2 is 1.80 bits per heavy atom. The summed E-state index contributed by atoms with van der Waals surface area (Å²) in [7, 11) is -3.26. The Hall–Kier alpha value is -1.15.